The molecule has 0 saturated carbocycles. The maximum absolute atomic E-state index is 5.36. The Hall–Kier alpha value is -0.520. The summed E-state index contributed by atoms with van der Waals surface area (Å²) in [6.45, 7) is 8.19. The first-order valence-corrected chi connectivity index (χ1v) is 5.45. The van der Waals surface area contributed by atoms with Crippen LogP contribution in [0.15, 0.2) is 0 Å². The molecule has 0 radical (unpaired) electrons. The maximum atomic E-state index is 5.36. The standard InChI is InChI=1S/C12H21NO/c1-3-4-5-8-13-11-12(2)6-9-14-10-7-12/h13H,5-11H2,1-2H3. The second-order valence-corrected chi connectivity index (χ2v) is 4.28. The molecule has 0 aromatic heterocycles. The Morgan fingerprint density at radius 1 is 1.36 bits per heavy atom. The van der Waals surface area contributed by atoms with Gasteiger partial charge in [0.2, 0.25) is 0 Å². The molecule has 1 saturated heterocycles. The largest absolute Gasteiger partial charge is 0.381 e. The summed E-state index contributed by atoms with van der Waals surface area (Å²) in [6.07, 6.45) is 3.32. The van der Waals surface area contributed by atoms with Crippen LogP contribution in [0.2, 0.25) is 0 Å². The Labute approximate surface area is 87.4 Å². The minimum atomic E-state index is 0.442. The summed E-state index contributed by atoms with van der Waals surface area (Å²) < 4.78 is 5.36. The first-order valence-electron chi connectivity index (χ1n) is 5.45. The molecule has 0 amide bonds. The topological polar surface area (TPSA) is 21.3 Å². The van der Waals surface area contributed by atoms with Crippen molar-refractivity contribution in [1.82, 2.24) is 5.32 Å². The predicted molar refractivity (Wildman–Crippen MR) is 59.1 cm³/mol. The summed E-state index contributed by atoms with van der Waals surface area (Å²) in [5, 5.41) is 3.47. The molecule has 1 rings (SSSR count). The average molecular weight is 195 g/mol. The fraction of sp³-hybridized carbons (Fsp3) is 0.833. The molecular formula is C12H21NO. The van der Waals surface area contributed by atoms with E-state index in [1.54, 1.807) is 0 Å². The van der Waals surface area contributed by atoms with Gasteiger partial charge >= 0.3 is 0 Å². The third kappa shape index (κ3) is 4.13. The van der Waals surface area contributed by atoms with E-state index in [4.69, 9.17) is 4.74 Å². The number of ether oxygens (including phenoxy) is 1. The summed E-state index contributed by atoms with van der Waals surface area (Å²) >= 11 is 0. The van der Waals surface area contributed by atoms with Crippen molar-refractivity contribution in [2.45, 2.75) is 33.1 Å². The highest BCUT2D eigenvalue weighted by Crippen LogP contribution is 2.28. The predicted octanol–water partition coefficient (Wildman–Crippen LogP) is 1.81. The Morgan fingerprint density at radius 3 is 2.71 bits per heavy atom. The number of nitrogens with one attached hydrogen (secondary N) is 1. The quantitative estimate of drug-likeness (QED) is 0.545. The smallest absolute Gasteiger partial charge is 0.0471 e. The zero-order valence-corrected chi connectivity index (χ0v) is 9.36. The monoisotopic (exact) mass is 195 g/mol. The van der Waals surface area contributed by atoms with Crippen LogP contribution in [0.5, 0.6) is 0 Å². The molecule has 1 fully saturated rings. The Morgan fingerprint density at radius 2 is 2.07 bits per heavy atom. The van der Waals surface area contributed by atoms with Crippen molar-refractivity contribution in [1.29, 1.82) is 0 Å². The van der Waals surface area contributed by atoms with Crippen LogP contribution in [0.3, 0.4) is 0 Å². The molecule has 1 aliphatic heterocycles. The van der Waals surface area contributed by atoms with E-state index < -0.39 is 0 Å². The molecule has 0 aromatic rings. The molecule has 0 unspecified atom stereocenters. The molecule has 0 spiro atoms. The van der Waals surface area contributed by atoms with Gasteiger partial charge < -0.3 is 10.1 Å². The van der Waals surface area contributed by atoms with Gasteiger partial charge in [0.25, 0.3) is 0 Å². The average Bonchev–Trinajstić information content (AvgIpc) is 2.18. The molecule has 2 heteroatoms. The van der Waals surface area contributed by atoms with Crippen molar-refractivity contribution in [2.24, 2.45) is 5.41 Å². The molecule has 1 aliphatic rings. The molecule has 0 aromatic carbocycles. The highest BCUT2D eigenvalue weighted by atomic mass is 16.5. The molecule has 1 N–H and O–H groups in total. The van der Waals surface area contributed by atoms with Crippen molar-refractivity contribution in [3.8, 4) is 11.8 Å². The van der Waals surface area contributed by atoms with E-state index in [1.165, 1.54) is 12.8 Å². The van der Waals surface area contributed by atoms with E-state index >= 15 is 0 Å². The molecule has 2 nitrogen and oxygen atoms in total. The van der Waals surface area contributed by atoms with E-state index in [0.717, 1.165) is 32.7 Å². The summed E-state index contributed by atoms with van der Waals surface area (Å²) in [4.78, 5) is 0. The lowest BCUT2D eigenvalue weighted by atomic mass is 9.82. The van der Waals surface area contributed by atoms with Gasteiger partial charge in [-0.05, 0) is 25.2 Å². The molecule has 1 heterocycles. The minimum Gasteiger partial charge on any atom is -0.381 e. The van der Waals surface area contributed by atoms with Gasteiger partial charge in [-0.2, -0.15) is 0 Å². The second-order valence-electron chi connectivity index (χ2n) is 4.28. The van der Waals surface area contributed by atoms with Crippen LogP contribution >= 0.6 is 0 Å². The first kappa shape index (κ1) is 11.6. The van der Waals surface area contributed by atoms with E-state index in [9.17, 15) is 0 Å². The van der Waals surface area contributed by atoms with Gasteiger partial charge in [-0.25, -0.2) is 0 Å². The van der Waals surface area contributed by atoms with Gasteiger partial charge in [0.15, 0.2) is 0 Å². The zero-order chi connectivity index (χ0) is 10.3. The summed E-state index contributed by atoms with van der Waals surface area (Å²) in [7, 11) is 0. The summed E-state index contributed by atoms with van der Waals surface area (Å²) in [6, 6.07) is 0. The molecule has 0 atom stereocenters. The van der Waals surface area contributed by atoms with Crippen LogP contribution in [-0.2, 0) is 4.74 Å². The second kappa shape index (κ2) is 6.06. The Balaban J connectivity index is 2.11. The van der Waals surface area contributed by atoms with Crippen LogP contribution < -0.4 is 5.32 Å². The molecule has 80 valence electrons. The SMILES string of the molecule is CC#CCCNCC1(C)CCOCC1. The number of hydrogen-bond donors (Lipinski definition) is 1. The lowest BCUT2D eigenvalue weighted by molar-refractivity contribution is 0.0243. The van der Waals surface area contributed by atoms with Crippen LogP contribution in [0.25, 0.3) is 0 Å². The maximum Gasteiger partial charge on any atom is 0.0471 e. The van der Waals surface area contributed by atoms with Gasteiger partial charge in [0, 0.05) is 32.7 Å². The van der Waals surface area contributed by atoms with E-state index in [2.05, 4.69) is 24.1 Å². The van der Waals surface area contributed by atoms with Gasteiger partial charge in [0.05, 0.1) is 0 Å². The Kier molecular flexibility index (Phi) is 5.00. The summed E-state index contributed by atoms with van der Waals surface area (Å²) in [5.41, 5.74) is 0.442. The van der Waals surface area contributed by atoms with Crippen molar-refractivity contribution in [3.63, 3.8) is 0 Å². The van der Waals surface area contributed by atoms with Crippen LogP contribution in [0, 0.1) is 17.3 Å². The number of hydrogen-bond acceptors (Lipinski definition) is 2. The fourth-order valence-electron chi connectivity index (χ4n) is 1.71. The van der Waals surface area contributed by atoms with E-state index in [-0.39, 0.29) is 0 Å². The minimum absolute atomic E-state index is 0.442. The summed E-state index contributed by atoms with van der Waals surface area (Å²) in [5.74, 6) is 5.97. The normalized spacial score (nSPS) is 19.9. The highest BCUT2D eigenvalue weighted by Gasteiger charge is 2.26. The van der Waals surface area contributed by atoms with Crippen molar-refractivity contribution < 1.29 is 4.74 Å². The molecule has 0 bridgehead atoms. The van der Waals surface area contributed by atoms with Gasteiger partial charge in [-0.15, -0.1) is 11.8 Å². The van der Waals surface area contributed by atoms with Crippen LogP contribution in [0.1, 0.15) is 33.1 Å². The first-order chi connectivity index (χ1) is 6.77. The molecule has 14 heavy (non-hydrogen) atoms. The van der Waals surface area contributed by atoms with Crippen molar-refractivity contribution in [3.05, 3.63) is 0 Å². The Bertz CT molecular complexity index is 208. The third-order valence-electron chi connectivity index (χ3n) is 2.86. The van der Waals surface area contributed by atoms with Gasteiger partial charge in [0.1, 0.15) is 0 Å². The molecular weight excluding hydrogens is 174 g/mol. The van der Waals surface area contributed by atoms with Crippen molar-refractivity contribution in [2.75, 3.05) is 26.3 Å². The van der Waals surface area contributed by atoms with E-state index in [0.29, 0.717) is 5.41 Å². The number of rotatable bonds is 4. The van der Waals surface area contributed by atoms with Crippen molar-refractivity contribution >= 4 is 0 Å². The molecule has 0 aliphatic carbocycles. The highest BCUT2D eigenvalue weighted by molar-refractivity contribution is 4.95. The van der Waals surface area contributed by atoms with Crippen LogP contribution in [0.4, 0.5) is 0 Å². The lowest BCUT2D eigenvalue weighted by Crippen LogP contribution is -2.37. The third-order valence-corrected chi connectivity index (χ3v) is 2.86. The fourth-order valence-corrected chi connectivity index (χ4v) is 1.71. The van der Waals surface area contributed by atoms with E-state index in [1.807, 2.05) is 6.92 Å². The lowest BCUT2D eigenvalue weighted by Gasteiger charge is -2.33. The van der Waals surface area contributed by atoms with Gasteiger partial charge in [-0.3, -0.25) is 0 Å². The van der Waals surface area contributed by atoms with Crippen LogP contribution in [-0.4, -0.2) is 26.3 Å². The zero-order valence-electron chi connectivity index (χ0n) is 9.36. The van der Waals surface area contributed by atoms with Gasteiger partial charge in [-0.1, -0.05) is 6.92 Å².